The van der Waals surface area contributed by atoms with Gasteiger partial charge in [0.2, 0.25) is 11.8 Å². The minimum Gasteiger partial charge on any atom is -0.326 e. The van der Waals surface area contributed by atoms with Gasteiger partial charge in [-0.15, -0.1) is 0 Å². The van der Waals surface area contributed by atoms with E-state index in [4.69, 9.17) is 0 Å². The second kappa shape index (κ2) is 8.37. The van der Waals surface area contributed by atoms with Crippen molar-refractivity contribution in [3.05, 3.63) is 53.1 Å². The fraction of sp³-hybridized carbons (Fsp3) is 0.364. The van der Waals surface area contributed by atoms with Gasteiger partial charge in [0.15, 0.2) is 9.84 Å². The number of sulfone groups is 1. The Labute approximate surface area is 171 Å². The summed E-state index contributed by atoms with van der Waals surface area (Å²) < 4.78 is 25.4. The number of anilines is 2. The molecular weight excluding hydrogens is 388 g/mol. The molecule has 1 aliphatic heterocycles. The molecule has 0 fully saturated rings. The van der Waals surface area contributed by atoms with Gasteiger partial charge in [-0.25, -0.2) is 8.42 Å². The average Bonchev–Trinajstić information content (AvgIpc) is 3.12. The normalized spacial score (nSPS) is 13.3. The first-order chi connectivity index (χ1) is 13.7. The number of hydrogen-bond donors (Lipinski definition) is 1. The Kier molecular flexibility index (Phi) is 6.07. The van der Waals surface area contributed by atoms with E-state index in [9.17, 15) is 18.0 Å². The molecule has 0 aromatic heterocycles. The number of aryl methyl sites for hydroxylation is 2. The molecule has 0 saturated carbocycles. The highest BCUT2D eigenvalue weighted by Gasteiger charge is 2.26. The molecule has 0 aliphatic carbocycles. The molecule has 2 aromatic carbocycles. The van der Waals surface area contributed by atoms with Crippen LogP contribution in [0.1, 0.15) is 36.5 Å². The van der Waals surface area contributed by atoms with Gasteiger partial charge in [0.25, 0.3) is 0 Å². The number of nitrogens with zero attached hydrogens (tertiary/aromatic N) is 1. The van der Waals surface area contributed by atoms with Crippen LogP contribution in [0.4, 0.5) is 11.4 Å². The molecule has 0 atom stereocenters. The maximum absolute atomic E-state index is 12.7. The Balaban J connectivity index is 1.68. The highest BCUT2D eigenvalue weighted by molar-refractivity contribution is 7.91. The van der Waals surface area contributed by atoms with Gasteiger partial charge in [0.05, 0.1) is 10.6 Å². The maximum Gasteiger partial charge on any atom is 0.226 e. The largest absolute Gasteiger partial charge is 0.326 e. The minimum absolute atomic E-state index is 0.0301. The molecule has 2 aromatic rings. The molecule has 1 aliphatic rings. The number of amides is 2. The zero-order valence-electron chi connectivity index (χ0n) is 17.0. The molecule has 0 spiro atoms. The van der Waals surface area contributed by atoms with E-state index in [2.05, 4.69) is 5.32 Å². The van der Waals surface area contributed by atoms with Crippen molar-refractivity contribution >= 4 is 33.0 Å². The van der Waals surface area contributed by atoms with Crippen LogP contribution in [0.15, 0.2) is 41.3 Å². The van der Waals surface area contributed by atoms with Crippen molar-refractivity contribution in [3.63, 3.8) is 0 Å². The highest BCUT2D eigenvalue weighted by Crippen LogP contribution is 2.31. The van der Waals surface area contributed by atoms with Crippen LogP contribution in [0.5, 0.6) is 0 Å². The maximum atomic E-state index is 12.7. The fourth-order valence-corrected chi connectivity index (χ4v) is 4.74. The van der Waals surface area contributed by atoms with Gasteiger partial charge in [-0.05, 0) is 61.2 Å². The first-order valence-corrected chi connectivity index (χ1v) is 11.4. The highest BCUT2D eigenvalue weighted by atomic mass is 32.2. The topological polar surface area (TPSA) is 83.6 Å². The number of rotatable bonds is 6. The van der Waals surface area contributed by atoms with Crippen molar-refractivity contribution in [2.45, 2.75) is 44.9 Å². The quantitative estimate of drug-likeness (QED) is 0.785. The second-order valence-electron chi connectivity index (χ2n) is 7.37. The van der Waals surface area contributed by atoms with Crippen molar-refractivity contribution in [1.29, 1.82) is 0 Å². The minimum atomic E-state index is -3.60. The molecule has 1 N–H and O–H groups in total. The van der Waals surface area contributed by atoms with E-state index in [1.165, 1.54) is 6.07 Å². The zero-order chi connectivity index (χ0) is 21.2. The number of hydrogen-bond acceptors (Lipinski definition) is 4. The molecule has 0 saturated heterocycles. The predicted octanol–water partition coefficient (Wildman–Crippen LogP) is 3.41. The van der Waals surface area contributed by atoms with Crippen LogP contribution in [-0.4, -0.2) is 32.5 Å². The van der Waals surface area contributed by atoms with Gasteiger partial charge in [0, 0.05) is 30.8 Å². The van der Waals surface area contributed by atoms with Gasteiger partial charge >= 0.3 is 0 Å². The van der Waals surface area contributed by atoms with E-state index in [1.807, 2.05) is 39.0 Å². The molecule has 154 valence electrons. The molecule has 7 heteroatoms. The lowest BCUT2D eigenvalue weighted by Gasteiger charge is -2.16. The number of carbonyl (C=O) groups is 2. The Morgan fingerprint density at radius 3 is 2.59 bits per heavy atom. The monoisotopic (exact) mass is 414 g/mol. The third kappa shape index (κ3) is 4.67. The summed E-state index contributed by atoms with van der Waals surface area (Å²) in [6.45, 7) is 6.21. The van der Waals surface area contributed by atoms with E-state index in [0.29, 0.717) is 25.1 Å². The van der Waals surface area contributed by atoms with Gasteiger partial charge < -0.3 is 10.2 Å². The van der Waals surface area contributed by atoms with Crippen molar-refractivity contribution in [3.8, 4) is 0 Å². The van der Waals surface area contributed by atoms with Crippen molar-refractivity contribution in [2.75, 3.05) is 22.5 Å². The van der Waals surface area contributed by atoms with Crippen LogP contribution in [0.3, 0.4) is 0 Å². The van der Waals surface area contributed by atoms with Gasteiger partial charge in [-0.2, -0.15) is 0 Å². The Morgan fingerprint density at radius 1 is 1.10 bits per heavy atom. The standard InChI is InChI=1S/C22H26N2O4S/c1-4-22(26)24-11-9-17-14-18(7-8-20(17)24)29(27,28)12-10-21(25)23-19-13-15(2)5-6-16(19)3/h5-8,13-14H,4,9-12H2,1-3H3,(H,23,25). The second-order valence-corrected chi connectivity index (χ2v) is 9.48. The van der Waals surface area contributed by atoms with Crippen LogP contribution in [0, 0.1) is 13.8 Å². The molecular formula is C22H26N2O4S. The number of nitrogens with one attached hydrogen (secondary N) is 1. The van der Waals surface area contributed by atoms with Crippen LogP contribution in [0.2, 0.25) is 0 Å². The van der Waals surface area contributed by atoms with Crippen LogP contribution >= 0.6 is 0 Å². The summed E-state index contributed by atoms with van der Waals surface area (Å²) in [5.41, 5.74) is 4.28. The summed E-state index contributed by atoms with van der Waals surface area (Å²) in [5.74, 6) is -0.564. The molecule has 1 heterocycles. The number of carbonyl (C=O) groups excluding carboxylic acids is 2. The van der Waals surface area contributed by atoms with Crippen LogP contribution in [0.25, 0.3) is 0 Å². The fourth-order valence-electron chi connectivity index (χ4n) is 3.45. The molecule has 3 rings (SSSR count). The predicted molar refractivity (Wildman–Crippen MR) is 114 cm³/mol. The molecule has 29 heavy (non-hydrogen) atoms. The van der Waals surface area contributed by atoms with E-state index >= 15 is 0 Å². The first kappa shape index (κ1) is 21.0. The Hall–Kier alpha value is -2.67. The molecule has 0 bridgehead atoms. The van der Waals surface area contributed by atoms with Crippen molar-refractivity contribution in [1.82, 2.24) is 0 Å². The molecule has 6 nitrogen and oxygen atoms in total. The first-order valence-electron chi connectivity index (χ1n) is 9.74. The van der Waals surface area contributed by atoms with Crippen molar-refractivity contribution < 1.29 is 18.0 Å². The lowest BCUT2D eigenvalue weighted by Crippen LogP contribution is -2.27. The lowest BCUT2D eigenvalue weighted by atomic mass is 10.1. The summed E-state index contributed by atoms with van der Waals surface area (Å²) >= 11 is 0. The van der Waals surface area contributed by atoms with E-state index in [1.54, 1.807) is 17.0 Å². The molecule has 0 unspecified atom stereocenters. The van der Waals surface area contributed by atoms with Gasteiger partial charge in [-0.3, -0.25) is 9.59 Å². The van der Waals surface area contributed by atoms with E-state index in [-0.39, 0.29) is 28.9 Å². The number of benzene rings is 2. The summed E-state index contributed by atoms with van der Waals surface area (Å²) in [6.07, 6.45) is 0.930. The third-order valence-electron chi connectivity index (χ3n) is 5.17. The van der Waals surface area contributed by atoms with Crippen molar-refractivity contribution in [2.24, 2.45) is 0 Å². The smallest absolute Gasteiger partial charge is 0.226 e. The third-order valence-corrected chi connectivity index (χ3v) is 6.89. The van der Waals surface area contributed by atoms with Gasteiger partial charge in [-0.1, -0.05) is 19.1 Å². The SMILES string of the molecule is CCC(=O)N1CCc2cc(S(=O)(=O)CCC(=O)Nc3cc(C)ccc3C)ccc21. The number of fused-ring (bicyclic) bond motifs is 1. The summed E-state index contributed by atoms with van der Waals surface area (Å²) in [6, 6.07) is 10.6. The van der Waals surface area contributed by atoms with Crippen LogP contribution < -0.4 is 10.2 Å². The van der Waals surface area contributed by atoms with Crippen LogP contribution in [-0.2, 0) is 25.8 Å². The Bertz CT molecular complexity index is 1060. The van der Waals surface area contributed by atoms with Gasteiger partial charge in [0.1, 0.15) is 0 Å². The Morgan fingerprint density at radius 2 is 1.86 bits per heavy atom. The summed E-state index contributed by atoms with van der Waals surface area (Å²) in [7, 11) is -3.60. The molecule has 0 radical (unpaired) electrons. The summed E-state index contributed by atoms with van der Waals surface area (Å²) in [4.78, 5) is 26.2. The van der Waals surface area contributed by atoms with E-state index in [0.717, 1.165) is 22.4 Å². The summed E-state index contributed by atoms with van der Waals surface area (Å²) in [5, 5.41) is 2.79. The van der Waals surface area contributed by atoms with E-state index < -0.39 is 9.84 Å². The lowest BCUT2D eigenvalue weighted by molar-refractivity contribution is -0.118. The zero-order valence-corrected chi connectivity index (χ0v) is 17.8. The molecule has 2 amide bonds. The average molecular weight is 415 g/mol.